The lowest BCUT2D eigenvalue weighted by atomic mass is 9.82. The summed E-state index contributed by atoms with van der Waals surface area (Å²) < 4.78 is 65.6. The minimum atomic E-state index is -1.87. The van der Waals surface area contributed by atoms with Gasteiger partial charge in [0.2, 0.25) is 23.3 Å². The van der Waals surface area contributed by atoms with E-state index in [4.69, 9.17) is 9.47 Å². The Morgan fingerprint density at radius 3 is 2.17 bits per heavy atom. The molecule has 1 fully saturated rings. The van der Waals surface area contributed by atoms with Crippen LogP contribution in [-0.2, 0) is 40.5 Å². The zero-order valence-corrected chi connectivity index (χ0v) is 28.0. The average molecular weight is 679 g/mol. The van der Waals surface area contributed by atoms with Crippen LogP contribution >= 0.6 is 0 Å². The Morgan fingerprint density at radius 1 is 0.938 bits per heavy atom. The van der Waals surface area contributed by atoms with Crippen LogP contribution in [0, 0.1) is 29.2 Å². The number of esters is 1. The molecule has 2 amide bonds. The maximum atomic E-state index is 14.1. The number of hydrogen-bond donors (Lipinski definition) is 1. The van der Waals surface area contributed by atoms with E-state index in [9.17, 15) is 41.5 Å². The Morgan fingerprint density at radius 2 is 1.56 bits per heavy atom. The predicted molar refractivity (Wildman–Crippen MR) is 167 cm³/mol. The molecule has 1 heterocycles. The molecule has 1 saturated heterocycles. The fourth-order valence-corrected chi connectivity index (χ4v) is 5.38. The van der Waals surface area contributed by atoms with Crippen molar-refractivity contribution in [1.82, 2.24) is 10.2 Å². The molecular weight excluding hydrogens is 636 g/mol. The molecule has 48 heavy (non-hydrogen) atoms. The molecule has 13 heteroatoms. The van der Waals surface area contributed by atoms with Crippen LogP contribution < -0.4 is 10.1 Å². The summed E-state index contributed by atoms with van der Waals surface area (Å²) in [6, 6.07) is 5.70. The lowest BCUT2D eigenvalue weighted by molar-refractivity contribution is -0.156. The number of halogens is 4. The maximum Gasteiger partial charge on any atom is 0.308 e. The Balaban J connectivity index is 1.76. The van der Waals surface area contributed by atoms with Crippen molar-refractivity contribution in [3.8, 4) is 5.75 Å². The van der Waals surface area contributed by atoms with Crippen molar-refractivity contribution in [3.05, 3.63) is 64.7 Å². The van der Waals surface area contributed by atoms with Crippen LogP contribution in [0.25, 0.3) is 0 Å². The van der Waals surface area contributed by atoms with Gasteiger partial charge in [-0.25, -0.2) is 8.78 Å². The molecule has 262 valence electrons. The number of nitrogens with one attached hydrogen (secondary N) is 1. The quantitative estimate of drug-likeness (QED) is 0.151. The standard InChI is InChI=1S/C35H42F4N2O7/c1-34(2,3)22-13-8-7-11-20(22)15-26(42)33(46)41-14-10-9-12-21(18-41)32(45)40-25(17-28(44)48-35(4,5)6)27(43)19-47-31-29(38)23(36)16-24(37)30(31)39/h7-8,11,13,16,21,25H,9-10,12,14-15,17-19H2,1-6H3,(H,40,45)/t21-,25+/m1/s1. The molecule has 0 radical (unpaired) electrons. The Labute approximate surface area is 277 Å². The summed E-state index contributed by atoms with van der Waals surface area (Å²) >= 11 is 0. The topological polar surface area (TPSA) is 119 Å². The fourth-order valence-electron chi connectivity index (χ4n) is 5.38. The molecule has 0 unspecified atom stereocenters. The SMILES string of the molecule is CC(C)(C)OC(=O)C[C@H](NC(=O)[C@@H]1CCCCN(C(=O)C(=O)Cc2ccccc2C(C)(C)C)C1)C(=O)COc1c(F)c(F)cc(F)c1F. The first kappa shape index (κ1) is 38.2. The smallest absolute Gasteiger partial charge is 0.308 e. The lowest BCUT2D eigenvalue weighted by Crippen LogP contribution is -2.49. The molecule has 2 aromatic rings. The van der Waals surface area contributed by atoms with Crippen molar-refractivity contribution in [1.29, 1.82) is 0 Å². The number of carbonyl (C=O) groups excluding carboxylic acids is 5. The molecule has 0 spiro atoms. The number of Topliss-reactive ketones (excluding diaryl/α,β-unsaturated/α-hetero) is 2. The summed E-state index contributed by atoms with van der Waals surface area (Å²) in [5, 5.41) is 2.44. The summed E-state index contributed by atoms with van der Waals surface area (Å²) in [5.41, 5.74) is 0.425. The second-order valence-electron chi connectivity index (χ2n) is 13.9. The molecule has 0 aliphatic carbocycles. The van der Waals surface area contributed by atoms with Gasteiger partial charge in [-0.2, -0.15) is 8.78 Å². The molecule has 1 aliphatic rings. The number of benzene rings is 2. The van der Waals surface area contributed by atoms with Crippen LogP contribution in [0.15, 0.2) is 30.3 Å². The number of hydrogen-bond acceptors (Lipinski definition) is 7. The summed E-state index contributed by atoms with van der Waals surface area (Å²) in [4.78, 5) is 67.0. The van der Waals surface area contributed by atoms with Crippen molar-refractivity contribution in [2.75, 3.05) is 19.7 Å². The van der Waals surface area contributed by atoms with E-state index < -0.39 is 89.0 Å². The molecule has 0 saturated carbocycles. The van der Waals surface area contributed by atoms with Gasteiger partial charge >= 0.3 is 5.97 Å². The number of ketones is 2. The zero-order chi connectivity index (χ0) is 36.0. The Kier molecular flexibility index (Phi) is 12.5. The molecule has 2 aromatic carbocycles. The third kappa shape index (κ3) is 10.4. The highest BCUT2D eigenvalue weighted by Gasteiger charge is 2.34. The van der Waals surface area contributed by atoms with Gasteiger partial charge in [0.1, 0.15) is 18.2 Å². The lowest BCUT2D eigenvalue weighted by Gasteiger charge is -2.26. The van der Waals surface area contributed by atoms with Gasteiger partial charge in [0.15, 0.2) is 23.2 Å². The van der Waals surface area contributed by atoms with Crippen LogP contribution in [0.2, 0.25) is 0 Å². The average Bonchev–Trinajstić information content (AvgIpc) is 3.24. The van der Waals surface area contributed by atoms with E-state index in [2.05, 4.69) is 5.32 Å². The normalized spacial score (nSPS) is 16.0. The highest BCUT2D eigenvalue weighted by molar-refractivity contribution is 6.36. The van der Waals surface area contributed by atoms with Crippen molar-refractivity contribution in [2.45, 2.75) is 90.7 Å². The highest BCUT2D eigenvalue weighted by atomic mass is 19.2. The first-order valence-corrected chi connectivity index (χ1v) is 15.7. The highest BCUT2D eigenvalue weighted by Crippen LogP contribution is 2.28. The van der Waals surface area contributed by atoms with Gasteiger partial charge in [0.25, 0.3) is 5.91 Å². The van der Waals surface area contributed by atoms with E-state index in [0.29, 0.717) is 19.3 Å². The van der Waals surface area contributed by atoms with E-state index in [1.54, 1.807) is 32.9 Å². The van der Waals surface area contributed by atoms with Gasteiger partial charge in [-0.05, 0) is 50.2 Å². The van der Waals surface area contributed by atoms with Crippen molar-refractivity contribution in [3.63, 3.8) is 0 Å². The fraction of sp³-hybridized carbons (Fsp3) is 0.514. The van der Waals surface area contributed by atoms with E-state index in [1.807, 2.05) is 32.9 Å². The first-order chi connectivity index (χ1) is 22.3. The van der Waals surface area contributed by atoms with Gasteiger partial charge < -0.3 is 19.7 Å². The second kappa shape index (κ2) is 15.7. The van der Waals surface area contributed by atoms with E-state index in [1.165, 1.54) is 4.90 Å². The minimum Gasteiger partial charge on any atom is -0.479 e. The van der Waals surface area contributed by atoms with Crippen molar-refractivity contribution >= 4 is 29.4 Å². The number of carbonyl (C=O) groups is 5. The third-order valence-electron chi connectivity index (χ3n) is 7.67. The van der Waals surface area contributed by atoms with Crippen molar-refractivity contribution in [2.24, 2.45) is 5.92 Å². The molecule has 0 bridgehead atoms. The number of amides is 2. The first-order valence-electron chi connectivity index (χ1n) is 15.7. The second-order valence-corrected chi connectivity index (χ2v) is 13.9. The molecule has 3 rings (SSSR count). The van der Waals surface area contributed by atoms with Crippen molar-refractivity contribution < 1.29 is 51.0 Å². The zero-order valence-electron chi connectivity index (χ0n) is 28.0. The van der Waals surface area contributed by atoms with Gasteiger partial charge in [0, 0.05) is 25.6 Å². The van der Waals surface area contributed by atoms with Crippen LogP contribution in [0.5, 0.6) is 5.75 Å². The Hall–Kier alpha value is -4.29. The van der Waals surface area contributed by atoms with Crippen LogP contribution in [-0.4, -0.2) is 65.6 Å². The summed E-state index contributed by atoms with van der Waals surface area (Å²) in [6.07, 6.45) is 0.494. The van der Waals surface area contributed by atoms with Crippen LogP contribution in [0.4, 0.5) is 17.6 Å². The van der Waals surface area contributed by atoms with Gasteiger partial charge in [-0.3, -0.25) is 24.0 Å². The Bertz CT molecular complexity index is 1520. The third-order valence-corrected chi connectivity index (χ3v) is 7.67. The molecule has 0 aromatic heterocycles. The predicted octanol–water partition coefficient (Wildman–Crippen LogP) is 5.15. The monoisotopic (exact) mass is 678 g/mol. The van der Waals surface area contributed by atoms with E-state index >= 15 is 0 Å². The maximum absolute atomic E-state index is 14.1. The molecule has 1 aliphatic heterocycles. The molecule has 1 N–H and O–H groups in total. The van der Waals surface area contributed by atoms with Crippen LogP contribution in [0.1, 0.15) is 78.4 Å². The molecule has 9 nitrogen and oxygen atoms in total. The number of likely N-dealkylation sites (tertiary alicyclic amines) is 1. The summed E-state index contributed by atoms with van der Waals surface area (Å²) in [7, 11) is 0. The number of ether oxygens (including phenoxy) is 2. The van der Waals surface area contributed by atoms with Gasteiger partial charge in [-0.15, -0.1) is 0 Å². The summed E-state index contributed by atoms with van der Waals surface area (Å²) in [6.45, 7) is 9.66. The van der Waals surface area contributed by atoms with E-state index in [-0.39, 0.29) is 31.0 Å². The van der Waals surface area contributed by atoms with Gasteiger partial charge in [-0.1, -0.05) is 51.5 Å². The number of nitrogens with zero attached hydrogens (tertiary/aromatic N) is 1. The van der Waals surface area contributed by atoms with Crippen LogP contribution in [0.3, 0.4) is 0 Å². The molecule has 2 atom stereocenters. The minimum absolute atomic E-state index is 0.0238. The summed E-state index contributed by atoms with van der Waals surface area (Å²) in [5.74, 6) is -13.7. The van der Waals surface area contributed by atoms with Gasteiger partial charge in [0.05, 0.1) is 12.3 Å². The molecular formula is C35H42F4N2O7. The number of rotatable bonds is 11. The van der Waals surface area contributed by atoms with E-state index in [0.717, 1.165) is 11.1 Å². The largest absolute Gasteiger partial charge is 0.479 e.